The van der Waals surface area contributed by atoms with Crippen LogP contribution in [0, 0.1) is 17.5 Å². The number of nitrogens with one attached hydrogen (secondary N) is 1. The molecule has 4 aromatic rings. The molecule has 1 amide bonds. The van der Waals surface area contributed by atoms with Crippen LogP contribution >= 0.6 is 0 Å². The van der Waals surface area contributed by atoms with Crippen molar-refractivity contribution in [2.45, 2.75) is 30.8 Å². The number of hydrogen-bond donors (Lipinski definition) is 1. The molecule has 7 nitrogen and oxygen atoms in total. The summed E-state index contributed by atoms with van der Waals surface area (Å²) in [7, 11) is -3.93. The highest BCUT2D eigenvalue weighted by Gasteiger charge is 2.32. The third-order valence-corrected chi connectivity index (χ3v) is 8.64. The van der Waals surface area contributed by atoms with Gasteiger partial charge in [-0.3, -0.25) is 19.4 Å². The first-order chi connectivity index (χ1) is 19.0. The molecular weight excluding hydrogens is 541 g/mol. The van der Waals surface area contributed by atoms with Gasteiger partial charge in [-0.25, -0.2) is 21.6 Å². The standard InChI is InChI=1S/C29H27F3N4O3S/c1-18-17-35(19(2)23-15-25(31)26(32)16-24(23)30)13-14-36(18)29(37)21-8-10-22(11-9-21)34-40(38,39)27-7-3-5-20-6-4-12-33-28(20)27/h3-12,15-16,18-19,34H,13-14,17H2,1-2H3. The third kappa shape index (κ3) is 5.39. The van der Waals surface area contributed by atoms with E-state index in [0.29, 0.717) is 47.9 Å². The van der Waals surface area contributed by atoms with Gasteiger partial charge in [-0.15, -0.1) is 0 Å². The Bertz CT molecular complexity index is 1680. The van der Waals surface area contributed by atoms with E-state index in [9.17, 15) is 26.4 Å². The second-order valence-electron chi connectivity index (χ2n) is 9.82. The number of piperazine rings is 1. The van der Waals surface area contributed by atoms with Crippen molar-refractivity contribution in [3.8, 4) is 0 Å². The van der Waals surface area contributed by atoms with Crippen LogP contribution in [-0.2, 0) is 10.0 Å². The molecular formula is C29H27F3N4O3S. The number of anilines is 1. The lowest BCUT2D eigenvalue weighted by Gasteiger charge is -2.42. The van der Waals surface area contributed by atoms with Crippen LogP contribution in [0.1, 0.15) is 35.8 Å². The van der Waals surface area contributed by atoms with Crippen molar-refractivity contribution in [3.63, 3.8) is 0 Å². The molecule has 1 aliphatic rings. The van der Waals surface area contributed by atoms with Gasteiger partial charge in [0.2, 0.25) is 0 Å². The van der Waals surface area contributed by atoms with Crippen molar-refractivity contribution in [3.05, 3.63) is 102 Å². The van der Waals surface area contributed by atoms with Crippen LogP contribution in [0.2, 0.25) is 0 Å². The molecule has 0 radical (unpaired) electrons. The zero-order chi connectivity index (χ0) is 28.6. The number of pyridine rings is 1. The maximum atomic E-state index is 14.3. The topological polar surface area (TPSA) is 82.6 Å². The van der Waals surface area contributed by atoms with Gasteiger partial charge in [0.25, 0.3) is 15.9 Å². The molecule has 0 aliphatic carbocycles. The lowest BCUT2D eigenvalue weighted by Crippen LogP contribution is -2.54. The van der Waals surface area contributed by atoms with Crippen molar-refractivity contribution in [2.24, 2.45) is 0 Å². The maximum Gasteiger partial charge on any atom is 0.264 e. The summed E-state index contributed by atoms with van der Waals surface area (Å²) in [5.74, 6) is -3.39. The molecule has 0 bridgehead atoms. The summed E-state index contributed by atoms with van der Waals surface area (Å²) in [4.78, 5) is 21.1. The minimum Gasteiger partial charge on any atom is -0.333 e. The van der Waals surface area contributed by atoms with Gasteiger partial charge in [-0.1, -0.05) is 18.2 Å². The SMILES string of the molecule is CC(c1cc(F)c(F)cc1F)N1CCN(C(=O)c2ccc(NS(=O)(=O)c3cccc4cccnc34)cc2)C(C)C1. The van der Waals surface area contributed by atoms with E-state index in [1.54, 1.807) is 48.2 Å². The summed E-state index contributed by atoms with van der Waals surface area (Å²) in [6.07, 6.45) is 1.53. The molecule has 1 aliphatic heterocycles. The summed E-state index contributed by atoms with van der Waals surface area (Å²) in [5, 5.41) is 0.699. The number of rotatable bonds is 6. The molecule has 1 fully saturated rings. The van der Waals surface area contributed by atoms with E-state index in [2.05, 4.69) is 9.71 Å². The number of nitrogens with zero attached hydrogens (tertiary/aromatic N) is 3. The predicted molar refractivity (Wildman–Crippen MR) is 146 cm³/mol. The van der Waals surface area contributed by atoms with E-state index in [0.717, 1.165) is 6.07 Å². The Hall–Kier alpha value is -3.96. The maximum absolute atomic E-state index is 14.3. The van der Waals surface area contributed by atoms with Crippen molar-refractivity contribution in [1.82, 2.24) is 14.8 Å². The van der Waals surface area contributed by atoms with E-state index < -0.39 is 33.5 Å². The second-order valence-corrected chi connectivity index (χ2v) is 11.5. The summed E-state index contributed by atoms with van der Waals surface area (Å²) < 4.78 is 70.1. The Morgan fingerprint density at radius 1 is 0.975 bits per heavy atom. The molecule has 2 unspecified atom stereocenters. The van der Waals surface area contributed by atoms with Crippen LogP contribution in [-0.4, -0.2) is 54.8 Å². The molecule has 40 heavy (non-hydrogen) atoms. The first-order valence-electron chi connectivity index (χ1n) is 12.7. The number of fused-ring (bicyclic) bond motifs is 1. The molecule has 1 N–H and O–H groups in total. The Kier molecular flexibility index (Phi) is 7.52. The van der Waals surface area contributed by atoms with Crippen LogP contribution in [0.4, 0.5) is 18.9 Å². The number of sulfonamides is 1. The van der Waals surface area contributed by atoms with E-state index in [4.69, 9.17) is 0 Å². The predicted octanol–water partition coefficient (Wildman–Crippen LogP) is 5.36. The van der Waals surface area contributed by atoms with Gasteiger partial charge in [0.05, 0.1) is 5.52 Å². The van der Waals surface area contributed by atoms with Crippen molar-refractivity contribution >= 4 is 32.5 Å². The molecule has 11 heteroatoms. The summed E-state index contributed by atoms with van der Waals surface area (Å²) in [6, 6.07) is 15.3. The van der Waals surface area contributed by atoms with Gasteiger partial charge in [0, 0.05) is 66.2 Å². The number of amides is 1. The lowest BCUT2D eigenvalue weighted by atomic mass is 10.0. The third-order valence-electron chi connectivity index (χ3n) is 7.23. The first-order valence-corrected chi connectivity index (χ1v) is 14.2. The summed E-state index contributed by atoms with van der Waals surface area (Å²) in [5.41, 5.74) is 1.10. The molecule has 1 saturated heterocycles. The fourth-order valence-corrected chi connectivity index (χ4v) is 6.28. The van der Waals surface area contributed by atoms with Crippen molar-refractivity contribution in [1.29, 1.82) is 0 Å². The Morgan fingerprint density at radius 2 is 1.68 bits per heavy atom. The molecule has 0 saturated carbocycles. The van der Waals surface area contributed by atoms with Gasteiger partial charge in [-0.2, -0.15) is 0 Å². The molecule has 2 heterocycles. The van der Waals surface area contributed by atoms with Crippen LogP contribution in [0.15, 0.2) is 77.8 Å². The minimum absolute atomic E-state index is 0.0509. The van der Waals surface area contributed by atoms with Gasteiger partial charge >= 0.3 is 0 Å². The van der Waals surface area contributed by atoms with Gasteiger partial charge < -0.3 is 4.90 Å². The van der Waals surface area contributed by atoms with E-state index >= 15 is 0 Å². The summed E-state index contributed by atoms with van der Waals surface area (Å²) >= 11 is 0. The normalized spacial score (nSPS) is 17.1. The second kappa shape index (κ2) is 10.9. The number of benzene rings is 3. The lowest BCUT2D eigenvalue weighted by molar-refractivity contribution is 0.0401. The van der Waals surface area contributed by atoms with Gasteiger partial charge in [-0.05, 0) is 56.3 Å². The zero-order valence-corrected chi connectivity index (χ0v) is 22.6. The Morgan fingerprint density at radius 3 is 2.40 bits per heavy atom. The average molecular weight is 569 g/mol. The largest absolute Gasteiger partial charge is 0.333 e. The van der Waals surface area contributed by atoms with E-state index in [-0.39, 0.29) is 22.4 Å². The first kappa shape index (κ1) is 27.6. The van der Waals surface area contributed by atoms with Crippen LogP contribution in [0.5, 0.6) is 0 Å². The van der Waals surface area contributed by atoms with Crippen LogP contribution in [0.25, 0.3) is 10.9 Å². The van der Waals surface area contributed by atoms with Gasteiger partial charge in [0.15, 0.2) is 11.6 Å². The van der Waals surface area contributed by atoms with Crippen molar-refractivity contribution in [2.75, 3.05) is 24.4 Å². The fourth-order valence-electron chi connectivity index (χ4n) is 5.04. The van der Waals surface area contributed by atoms with Gasteiger partial charge in [0.1, 0.15) is 10.7 Å². The van der Waals surface area contributed by atoms with Crippen LogP contribution < -0.4 is 4.72 Å². The quantitative estimate of drug-likeness (QED) is 0.317. The van der Waals surface area contributed by atoms with Crippen molar-refractivity contribution < 1.29 is 26.4 Å². The highest BCUT2D eigenvalue weighted by molar-refractivity contribution is 7.93. The number of halogens is 3. The Balaban J connectivity index is 1.26. The molecule has 208 valence electrons. The number of aromatic nitrogens is 1. The Labute approximate surface area is 230 Å². The molecule has 2 atom stereocenters. The molecule has 1 aromatic heterocycles. The molecule has 3 aromatic carbocycles. The highest BCUT2D eigenvalue weighted by atomic mass is 32.2. The molecule has 5 rings (SSSR count). The fraction of sp³-hybridized carbons (Fsp3) is 0.241. The zero-order valence-electron chi connectivity index (χ0n) is 21.8. The van der Waals surface area contributed by atoms with Crippen LogP contribution in [0.3, 0.4) is 0 Å². The average Bonchev–Trinajstić information content (AvgIpc) is 2.94. The summed E-state index contributed by atoms with van der Waals surface area (Å²) in [6.45, 7) is 4.74. The monoisotopic (exact) mass is 568 g/mol. The number of carbonyl (C=O) groups excluding carboxylic acids is 1. The smallest absolute Gasteiger partial charge is 0.264 e. The van der Waals surface area contributed by atoms with E-state index in [1.165, 1.54) is 24.4 Å². The number of para-hydroxylation sites is 1. The van der Waals surface area contributed by atoms with E-state index in [1.807, 2.05) is 11.8 Å². The minimum atomic E-state index is -3.93. The number of carbonyl (C=O) groups is 1. The number of hydrogen-bond acceptors (Lipinski definition) is 5. The molecule has 0 spiro atoms. The highest BCUT2D eigenvalue weighted by Crippen LogP contribution is 2.28.